The number of ether oxygens (including phenoxy) is 2. The second kappa shape index (κ2) is 7.79. The Hall–Kier alpha value is -2.88. The second-order valence-electron chi connectivity index (χ2n) is 5.88. The van der Waals surface area contributed by atoms with E-state index in [0.717, 1.165) is 22.5 Å². The van der Waals surface area contributed by atoms with Crippen LogP contribution >= 0.6 is 0 Å². The number of carbonyl (C=O) groups excluding carboxylic acids is 2. The van der Waals surface area contributed by atoms with Crippen molar-refractivity contribution >= 4 is 17.5 Å². The first kappa shape index (κ1) is 17.0. The molecule has 0 aromatic heterocycles. The number of esters is 1. The summed E-state index contributed by atoms with van der Waals surface area (Å²) in [6.45, 7) is 2.01. The van der Waals surface area contributed by atoms with Gasteiger partial charge in [-0.25, -0.2) is 0 Å². The Morgan fingerprint density at radius 3 is 2.92 bits per heavy atom. The summed E-state index contributed by atoms with van der Waals surface area (Å²) in [6, 6.07) is 7.64. The van der Waals surface area contributed by atoms with Crippen molar-refractivity contribution in [2.75, 3.05) is 6.61 Å². The van der Waals surface area contributed by atoms with Crippen LogP contribution in [0.4, 0.5) is 0 Å². The summed E-state index contributed by atoms with van der Waals surface area (Å²) < 4.78 is 10.8. The Bertz CT molecular complexity index is 796. The lowest BCUT2D eigenvalue weighted by molar-refractivity contribution is -0.145. The first-order chi connectivity index (χ1) is 12.2. The molecule has 25 heavy (non-hydrogen) atoms. The maximum absolute atomic E-state index is 12.0. The Kier molecular flexibility index (Phi) is 5.29. The topological polar surface area (TPSA) is 52.6 Å². The summed E-state index contributed by atoms with van der Waals surface area (Å²) in [5.41, 5.74) is 2.89. The van der Waals surface area contributed by atoms with Gasteiger partial charge in [0.05, 0.1) is 6.61 Å². The van der Waals surface area contributed by atoms with E-state index in [2.05, 4.69) is 0 Å². The molecule has 1 aromatic carbocycles. The van der Waals surface area contributed by atoms with Crippen molar-refractivity contribution < 1.29 is 19.1 Å². The molecule has 0 saturated heterocycles. The van der Waals surface area contributed by atoms with Gasteiger partial charge in [0.2, 0.25) is 0 Å². The molecule has 128 valence electrons. The SMILES string of the molecule is CCOC(=O)CC(=O)Cc1cccc(C2=CC=C3C=CC=CC3O2)c1. The molecule has 4 nitrogen and oxygen atoms in total. The highest BCUT2D eigenvalue weighted by Crippen LogP contribution is 2.28. The lowest BCUT2D eigenvalue weighted by atomic mass is 9.99. The van der Waals surface area contributed by atoms with Gasteiger partial charge >= 0.3 is 5.97 Å². The van der Waals surface area contributed by atoms with Crippen LogP contribution < -0.4 is 0 Å². The first-order valence-electron chi connectivity index (χ1n) is 8.35. The van der Waals surface area contributed by atoms with E-state index in [4.69, 9.17) is 9.47 Å². The van der Waals surface area contributed by atoms with E-state index in [0.29, 0.717) is 0 Å². The molecule has 0 radical (unpaired) electrons. The average Bonchev–Trinajstić information content (AvgIpc) is 2.61. The summed E-state index contributed by atoms with van der Waals surface area (Å²) in [5.74, 6) is 0.141. The van der Waals surface area contributed by atoms with Crippen LogP contribution in [0.25, 0.3) is 5.76 Å². The van der Waals surface area contributed by atoms with Crippen LogP contribution in [0.15, 0.2) is 66.3 Å². The van der Waals surface area contributed by atoms with E-state index in [1.54, 1.807) is 6.92 Å². The van der Waals surface area contributed by atoms with Crippen LogP contribution in [-0.4, -0.2) is 24.5 Å². The van der Waals surface area contributed by atoms with E-state index in [1.807, 2.05) is 60.7 Å². The van der Waals surface area contributed by atoms with Crippen LogP contribution in [0.3, 0.4) is 0 Å². The van der Waals surface area contributed by atoms with Crippen LogP contribution in [0.5, 0.6) is 0 Å². The second-order valence-corrected chi connectivity index (χ2v) is 5.88. The van der Waals surface area contributed by atoms with Gasteiger partial charge in [0.1, 0.15) is 24.1 Å². The number of ketones is 1. The zero-order valence-electron chi connectivity index (χ0n) is 14.1. The number of fused-ring (bicyclic) bond motifs is 1. The van der Waals surface area contributed by atoms with Crippen LogP contribution in [0.2, 0.25) is 0 Å². The molecule has 1 unspecified atom stereocenters. The lowest BCUT2D eigenvalue weighted by Gasteiger charge is -2.24. The van der Waals surface area contributed by atoms with E-state index in [1.165, 1.54) is 0 Å². The van der Waals surface area contributed by atoms with Gasteiger partial charge < -0.3 is 9.47 Å². The predicted octanol–water partition coefficient (Wildman–Crippen LogP) is 3.54. The van der Waals surface area contributed by atoms with Crippen molar-refractivity contribution in [1.82, 2.24) is 0 Å². The lowest BCUT2D eigenvalue weighted by Crippen LogP contribution is -2.16. The minimum absolute atomic E-state index is 0.0703. The van der Waals surface area contributed by atoms with Gasteiger partial charge in [0, 0.05) is 12.0 Å². The Balaban J connectivity index is 1.70. The van der Waals surface area contributed by atoms with Crippen molar-refractivity contribution in [3.05, 3.63) is 77.4 Å². The number of allylic oxidation sites excluding steroid dienone is 4. The molecule has 1 heterocycles. The molecule has 0 amide bonds. The number of hydrogen-bond donors (Lipinski definition) is 0. The maximum Gasteiger partial charge on any atom is 0.313 e. The van der Waals surface area contributed by atoms with E-state index >= 15 is 0 Å². The molecular formula is C21H20O4. The highest BCUT2D eigenvalue weighted by molar-refractivity contribution is 5.96. The smallest absolute Gasteiger partial charge is 0.313 e. The predicted molar refractivity (Wildman–Crippen MR) is 95.6 cm³/mol. The van der Waals surface area contributed by atoms with Gasteiger partial charge in [0.25, 0.3) is 0 Å². The minimum atomic E-state index is -0.475. The van der Waals surface area contributed by atoms with Gasteiger partial charge in [-0.2, -0.15) is 0 Å². The Morgan fingerprint density at radius 2 is 2.08 bits per heavy atom. The zero-order chi connectivity index (χ0) is 17.6. The van der Waals surface area contributed by atoms with E-state index in [9.17, 15) is 9.59 Å². The number of Topliss-reactive ketones (excluding diaryl/α,β-unsaturated/α-hetero) is 1. The third-order valence-corrected chi connectivity index (χ3v) is 3.95. The standard InChI is InChI=1S/C21H20O4/c1-2-24-21(23)14-18(22)13-15-6-5-8-17(12-15)20-11-10-16-7-3-4-9-19(16)25-20/h3-12,19H,2,13-14H2,1H3. The fourth-order valence-corrected chi connectivity index (χ4v) is 2.81. The van der Waals surface area contributed by atoms with Crippen LogP contribution in [0.1, 0.15) is 24.5 Å². The molecule has 1 aromatic rings. The van der Waals surface area contributed by atoms with Gasteiger partial charge in [0.15, 0.2) is 0 Å². The summed E-state index contributed by atoms with van der Waals surface area (Å²) in [5, 5.41) is 0. The normalized spacial score (nSPS) is 17.9. The van der Waals surface area contributed by atoms with Crippen molar-refractivity contribution in [3.63, 3.8) is 0 Å². The van der Waals surface area contributed by atoms with Crippen LogP contribution in [-0.2, 0) is 25.5 Å². The van der Waals surface area contributed by atoms with E-state index < -0.39 is 5.97 Å². The number of benzene rings is 1. The summed E-state index contributed by atoms with van der Waals surface area (Å²) in [7, 11) is 0. The molecule has 0 fully saturated rings. The molecule has 1 aliphatic heterocycles. The van der Waals surface area contributed by atoms with Crippen molar-refractivity contribution in [2.45, 2.75) is 25.9 Å². The Labute approximate surface area is 147 Å². The number of rotatable bonds is 6. The maximum atomic E-state index is 12.0. The molecule has 1 aliphatic carbocycles. The monoisotopic (exact) mass is 336 g/mol. The molecule has 0 spiro atoms. The van der Waals surface area contributed by atoms with Crippen molar-refractivity contribution in [2.24, 2.45) is 0 Å². The summed E-state index contributed by atoms with van der Waals surface area (Å²) >= 11 is 0. The van der Waals surface area contributed by atoms with Gasteiger partial charge in [-0.15, -0.1) is 0 Å². The highest BCUT2D eigenvalue weighted by Gasteiger charge is 2.19. The largest absolute Gasteiger partial charge is 0.481 e. The third-order valence-electron chi connectivity index (χ3n) is 3.95. The zero-order valence-corrected chi connectivity index (χ0v) is 14.1. The van der Waals surface area contributed by atoms with Gasteiger partial charge in [-0.05, 0) is 36.3 Å². The molecule has 3 rings (SSSR count). The van der Waals surface area contributed by atoms with Crippen LogP contribution in [0, 0.1) is 0 Å². The molecular weight excluding hydrogens is 316 g/mol. The number of hydrogen-bond acceptors (Lipinski definition) is 4. The summed E-state index contributed by atoms with van der Waals surface area (Å²) in [4.78, 5) is 23.4. The van der Waals surface area contributed by atoms with Crippen molar-refractivity contribution in [3.8, 4) is 0 Å². The molecule has 0 saturated carbocycles. The van der Waals surface area contributed by atoms with Gasteiger partial charge in [-0.1, -0.05) is 42.5 Å². The minimum Gasteiger partial charge on any atom is -0.481 e. The van der Waals surface area contributed by atoms with E-state index in [-0.39, 0.29) is 31.3 Å². The molecule has 0 N–H and O–H groups in total. The quantitative estimate of drug-likeness (QED) is 0.589. The fourth-order valence-electron chi connectivity index (χ4n) is 2.81. The summed E-state index contributed by atoms with van der Waals surface area (Å²) in [6.07, 6.45) is 11.9. The molecule has 0 bridgehead atoms. The Morgan fingerprint density at radius 1 is 1.20 bits per heavy atom. The fraction of sp³-hybridized carbons (Fsp3) is 0.238. The molecule has 2 aliphatic rings. The molecule has 1 atom stereocenters. The number of carbonyl (C=O) groups is 2. The van der Waals surface area contributed by atoms with Crippen molar-refractivity contribution in [1.29, 1.82) is 0 Å². The molecule has 4 heteroatoms. The third kappa shape index (κ3) is 4.35. The van der Waals surface area contributed by atoms with Gasteiger partial charge in [-0.3, -0.25) is 9.59 Å². The average molecular weight is 336 g/mol. The highest BCUT2D eigenvalue weighted by atomic mass is 16.5. The first-order valence-corrected chi connectivity index (χ1v) is 8.35.